The molecule has 0 saturated heterocycles. The molecule has 28 heavy (non-hydrogen) atoms. The number of benzene rings is 3. The molecule has 0 aliphatic rings. The molecule has 4 rings (SSSR count). The number of para-hydroxylation sites is 1. The van der Waals surface area contributed by atoms with Crippen LogP contribution in [0.1, 0.15) is 5.56 Å². The van der Waals surface area contributed by atoms with Gasteiger partial charge in [-0.15, -0.1) is 11.3 Å². The van der Waals surface area contributed by atoms with Gasteiger partial charge in [-0.2, -0.15) is 0 Å². The third kappa shape index (κ3) is 4.02. The van der Waals surface area contributed by atoms with Gasteiger partial charge in [-0.25, -0.2) is 4.98 Å². The van der Waals surface area contributed by atoms with Gasteiger partial charge in [-0.3, -0.25) is 15.1 Å². The van der Waals surface area contributed by atoms with Gasteiger partial charge in [0, 0.05) is 23.9 Å². The molecular formula is C22H15N3O2S. The lowest BCUT2D eigenvalue weighted by Gasteiger charge is -1.97. The second-order valence-corrected chi connectivity index (χ2v) is 7.05. The van der Waals surface area contributed by atoms with Crippen LogP contribution in [0.5, 0.6) is 0 Å². The second-order valence-electron chi connectivity index (χ2n) is 6.02. The highest BCUT2D eigenvalue weighted by Crippen LogP contribution is 2.30. The standard InChI is InChI=1S/C22H15N3O2S/c26-25(27)19-13-7-16(8-14-19)4-3-15-23-18-11-9-17(10-12-18)22-24-20-5-1-2-6-21(20)28-22/h1-15H. The van der Waals surface area contributed by atoms with Gasteiger partial charge in [0.1, 0.15) is 5.01 Å². The Kier molecular flexibility index (Phi) is 5.03. The Morgan fingerprint density at radius 2 is 1.71 bits per heavy atom. The van der Waals surface area contributed by atoms with Crippen molar-refractivity contribution in [1.82, 2.24) is 4.98 Å². The predicted octanol–water partition coefficient (Wildman–Crippen LogP) is 6.29. The first-order chi connectivity index (χ1) is 13.7. The second kappa shape index (κ2) is 7.94. The maximum Gasteiger partial charge on any atom is 0.269 e. The Hall–Kier alpha value is -3.64. The van der Waals surface area contributed by atoms with Crippen molar-refractivity contribution < 1.29 is 4.92 Å². The topological polar surface area (TPSA) is 68.4 Å². The summed E-state index contributed by atoms with van der Waals surface area (Å²) in [6.07, 6.45) is 5.36. The highest BCUT2D eigenvalue weighted by molar-refractivity contribution is 7.21. The number of hydrogen-bond acceptors (Lipinski definition) is 5. The quantitative estimate of drug-likeness (QED) is 0.230. The SMILES string of the molecule is O=[N+]([O-])c1ccc(C=CC=Nc2ccc(-c3nc4ccccc4s3)cc2)cc1. The van der Waals surface area contributed by atoms with Crippen LogP contribution in [0, 0.1) is 10.1 Å². The minimum Gasteiger partial charge on any atom is -0.258 e. The van der Waals surface area contributed by atoms with Gasteiger partial charge in [-0.1, -0.05) is 18.2 Å². The molecule has 1 aromatic heterocycles. The van der Waals surface area contributed by atoms with E-state index in [2.05, 4.69) is 16.0 Å². The molecule has 0 fully saturated rings. The molecule has 0 bridgehead atoms. The van der Waals surface area contributed by atoms with Gasteiger partial charge in [0.05, 0.1) is 20.8 Å². The van der Waals surface area contributed by atoms with Crippen LogP contribution in [0.15, 0.2) is 83.9 Å². The Morgan fingerprint density at radius 1 is 0.964 bits per heavy atom. The molecule has 0 aliphatic carbocycles. The number of thiazole rings is 1. The van der Waals surface area contributed by atoms with Gasteiger partial charge in [-0.05, 0) is 60.2 Å². The summed E-state index contributed by atoms with van der Waals surface area (Å²) >= 11 is 1.68. The number of hydrogen-bond donors (Lipinski definition) is 0. The highest BCUT2D eigenvalue weighted by Gasteiger charge is 2.05. The molecule has 0 amide bonds. The minimum atomic E-state index is -0.410. The van der Waals surface area contributed by atoms with E-state index in [4.69, 9.17) is 0 Å². The van der Waals surface area contributed by atoms with E-state index in [-0.39, 0.29) is 5.69 Å². The lowest BCUT2D eigenvalue weighted by Crippen LogP contribution is -1.86. The number of non-ortho nitro benzene ring substituents is 1. The summed E-state index contributed by atoms with van der Waals surface area (Å²) in [5.41, 5.74) is 3.89. The van der Waals surface area contributed by atoms with Crippen molar-refractivity contribution in [2.75, 3.05) is 0 Å². The van der Waals surface area contributed by atoms with Crippen LogP contribution in [0.3, 0.4) is 0 Å². The van der Waals surface area contributed by atoms with Gasteiger partial charge in [0.15, 0.2) is 0 Å². The van der Waals surface area contributed by atoms with E-state index in [1.54, 1.807) is 29.7 Å². The molecule has 4 aromatic rings. The number of nitro groups is 1. The zero-order chi connectivity index (χ0) is 19.3. The Bertz CT molecular complexity index is 1140. The van der Waals surface area contributed by atoms with Crippen molar-refractivity contribution in [3.63, 3.8) is 0 Å². The van der Waals surface area contributed by atoms with E-state index in [1.165, 1.54) is 16.8 Å². The van der Waals surface area contributed by atoms with E-state index < -0.39 is 4.92 Å². The molecule has 0 N–H and O–H groups in total. The van der Waals surface area contributed by atoms with Crippen LogP contribution in [-0.4, -0.2) is 16.1 Å². The molecule has 5 nitrogen and oxygen atoms in total. The number of aliphatic imine (C=N–C) groups is 1. The molecule has 136 valence electrons. The summed E-state index contributed by atoms with van der Waals surface area (Å²) in [4.78, 5) is 19.3. The monoisotopic (exact) mass is 385 g/mol. The first-order valence-corrected chi connectivity index (χ1v) is 9.42. The molecule has 0 radical (unpaired) electrons. The molecular weight excluding hydrogens is 370 g/mol. The average molecular weight is 385 g/mol. The lowest BCUT2D eigenvalue weighted by atomic mass is 10.2. The van der Waals surface area contributed by atoms with Crippen molar-refractivity contribution in [3.8, 4) is 10.6 Å². The average Bonchev–Trinajstić information content (AvgIpc) is 3.16. The molecule has 0 aliphatic heterocycles. The minimum absolute atomic E-state index is 0.0824. The van der Waals surface area contributed by atoms with Crippen LogP contribution in [0.25, 0.3) is 26.9 Å². The summed E-state index contributed by atoms with van der Waals surface area (Å²) in [5.74, 6) is 0. The number of rotatable bonds is 5. The lowest BCUT2D eigenvalue weighted by molar-refractivity contribution is -0.384. The van der Waals surface area contributed by atoms with E-state index in [0.29, 0.717) is 0 Å². The van der Waals surface area contributed by atoms with E-state index in [1.807, 2.05) is 54.6 Å². The number of allylic oxidation sites excluding steroid dienone is 1. The Balaban J connectivity index is 1.43. The molecule has 3 aromatic carbocycles. The first-order valence-electron chi connectivity index (χ1n) is 8.60. The largest absolute Gasteiger partial charge is 0.269 e. The third-order valence-corrected chi connectivity index (χ3v) is 5.20. The van der Waals surface area contributed by atoms with Gasteiger partial charge in [0.25, 0.3) is 5.69 Å². The normalized spacial score (nSPS) is 11.6. The number of nitrogens with zero attached hydrogens (tertiary/aromatic N) is 3. The fourth-order valence-electron chi connectivity index (χ4n) is 2.68. The summed E-state index contributed by atoms with van der Waals surface area (Å²) in [6, 6.07) is 22.4. The predicted molar refractivity (Wildman–Crippen MR) is 115 cm³/mol. The first kappa shape index (κ1) is 17.8. The summed E-state index contributed by atoms with van der Waals surface area (Å²) in [5, 5.41) is 11.6. The molecule has 0 atom stereocenters. The fourth-order valence-corrected chi connectivity index (χ4v) is 3.65. The molecule has 6 heteroatoms. The maximum absolute atomic E-state index is 10.7. The molecule has 0 saturated carbocycles. The van der Waals surface area contributed by atoms with Crippen LogP contribution in [0.4, 0.5) is 11.4 Å². The van der Waals surface area contributed by atoms with E-state index in [9.17, 15) is 10.1 Å². The van der Waals surface area contributed by atoms with Crippen LogP contribution >= 0.6 is 11.3 Å². The zero-order valence-corrected chi connectivity index (χ0v) is 15.5. The van der Waals surface area contributed by atoms with E-state index in [0.717, 1.165) is 27.3 Å². The van der Waals surface area contributed by atoms with Crippen molar-refractivity contribution in [2.24, 2.45) is 4.99 Å². The maximum atomic E-state index is 10.7. The third-order valence-electron chi connectivity index (χ3n) is 4.11. The zero-order valence-electron chi connectivity index (χ0n) is 14.7. The van der Waals surface area contributed by atoms with Crippen molar-refractivity contribution in [3.05, 3.63) is 94.6 Å². The Labute approximate surface area is 165 Å². The van der Waals surface area contributed by atoms with Crippen LogP contribution < -0.4 is 0 Å². The number of nitro benzene ring substituents is 1. The fraction of sp³-hybridized carbons (Fsp3) is 0. The Morgan fingerprint density at radius 3 is 2.43 bits per heavy atom. The van der Waals surface area contributed by atoms with Crippen molar-refractivity contribution >= 4 is 45.2 Å². The number of aromatic nitrogens is 1. The van der Waals surface area contributed by atoms with Crippen LogP contribution in [0.2, 0.25) is 0 Å². The van der Waals surface area contributed by atoms with Gasteiger partial charge < -0.3 is 0 Å². The smallest absolute Gasteiger partial charge is 0.258 e. The van der Waals surface area contributed by atoms with Crippen molar-refractivity contribution in [1.29, 1.82) is 0 Å². The van der Waals surface area contributed by atoms with Gasteiger partial charge >= 0.3 is 0 Å². The summed E-state index contributed by atoms with van der Waals surface area (Å²) in [7, 11) is 0. The van der Waals surface area contributed by atoms with Crippen LogP contribution in [-0.2, 0) is 0 Å². The number of fused-ring (bicyclic) bond motifs is 1. The summed E-state index contributed by atoms with van der Waals surface area (Å²) in [6.45, 7) is 0. The van der Waals surface area contributed by atoms with E-state index >= 15 is 0 Å². The molecule has 1 heterocycles. The molecule has 0 spiro atoms. The van der Waals surface area contributed by atoms with Gasteiger partial charge in [0.2, 0.25) is 0 Å². The highest BCUT2D eigenvalue weighted by atomic mass is 32.1. The molecule has 0 unspecified atom stereocenters. The summed E-state index contributed by atoms with van der Waals surface area (Å²) < 4.78 is 1.18. The van der Waals surface area contributed by atoms with Crippen molar-refractivity contribution in [2.45, 2.75) is 0 Å².